The van der Waals surface area contributed by atoms with Crippen molar-refractivity contribution in [2.24, 2.45) is 0 Å². The second-order valence-corrected chi connectivity index (χ2v) is 6.33. The second-order valence-electron chi connectivity index (χ2n) is 5.89. The zero-order chi connectivity index (χ0) is 18.8. The third-order valence-corrected chi connectivity index (χ3v) is 4.33. The summed E-state index contributed by atoms with van der Waals surface area (Å²) in [5.74, 6) is 0.588. The van der Waals surface area contributed by atoms with Crippen LogP contribution in [0.3, 0.4) is 0 Å². The van der Waals surface area contributed by atoms with Gasteiger partial charge in [-0.15, -0.1) is 0 Å². The summed E-state index contributed by atoms with van der Waals surface area (Å²) in [5, 5.41) is 19.1. The quantitative estimate of drug-likeness (QED) is 0.381. The molecule has 0 spiro atoms. The van der Waals surface area contributed by atoms with E-state index in [9.17, 15) is 10.1 Å². The molecule has 1 heterocycles. The van der Waals surface area contributed by atoms with Crippen LogP contribution in [0.4, 0.5) is 17.1 Å². The Morgan fingerprint density at radius 3 is 2.54 bits per heavy atom. The van der Waals surface area contributed by atoms with Gasteiger partial charge in [0.25, 0.3) is 5.69 Å². The second kappa shape index (κ2) is 7.05. The number of aromatic nitrogens is 1. The van der Waals surface area contributed by atoms with E-state index in [1.165, 1.54) is 6.07 Å². The maximum Gasteiger partial charge on any atom is 0.294 e. The smallest absolute Gasteiger partial charge is 0.294 e. The van der Waals surface area contributed by atoms with E-state index >= 15 is 0 Å². The zero-order valence-corrected chi connectivity index (χ0v) is 15.0. The number of benzene rings is 2. The minimum absolute atomic E-state index is 0.0828. The molecule has 3 rings (SSSR count). The Kier molecular flexibility index (Phi) is 4.81. The van der Waals surface area contributed by atoms with Gasteiger partial charge < -0.3 is 15.6 Å². The summed E-state index contributed by atoms with van der Waals surface area (Å²) < 4.78 is 5.18. The molecule has 0 unspecified atom stereocenters. The SMILES string of the molecule is Cc1noc(C)c1-c1cc(NCc2ccc(Cl)cc2)c(N)c([N+](=O)[O-])c1. The number of nitro groups is 1. The molecule has 2 aromatic carbocycles. The van der Waals surface area contributed by atoms with Crippen molar-refractivity contribution in [1.29, 1.82) is 0 Å². The lowest BCUT2D eigenvalue weighted by molar-refractivity contribution is -0.383. The number of nitrogen functional groups attached to an aromatic ring is 1. The number of rotatable bonds is 5. The van der Waals surface area contributed by atoms with Crippen LogP contribution in [-0.2, 0) is 6.54 Å². The van der Waals surface area contributed by atoms with Crippen LogP contribution in [0.25, 0.3) is 11.1 Å². The lowest BCUT2D eigenvalue weighted by atomic mass is 10.0. The maximum atomic E-state index is 11.4. The summed E-state index contributed by atoms with van der Waals surface area (Å²) >= 11 is 5.89. The van der Waals surface area contributed by atoms with E-state index in [0.717, 1.165) is 11.1 Å². The molecule has 0 amide bonds. The van der Waals surface area contributed by atoms with Crippen molar-refractivity contribution in [2.75, 3.05) is 11.1 Å². The average Bonchev–Trinajstić information content (AvgIpc) is 2.94. The fourth-order valence-electron chi connectivity index (χ4n) is 2.77. The summed E-state index contributed by atoms with van der Waals surface area (Å²) in [5.41, 5.74) is 9.38. The standard InChI is InChI=1S/C18H17ClN4O3/c1-10-17(11(2)26-22-10)13-7-15(18(20)16(8-13)23(24)25)21-9-12-3-5-14(19)6-4-12/h3-8,21H,9,20H2,1-2H3. The first-order valence-electron chi connectivity index (χ1n) is 7.86. The van der Waals surface area contributed by atoms with Gasteiger partial charge in [0.2, 0.25) is 0 Å². The van der Waals surface area contributed by atoms with Crippen molar-refractivity contribution in [3.63, 3.8) is 0 Å². The van der Waals surface area contributed by atoms with Gasteiger partial charge in [0.15, 0.2) is 0 Å². The van der Waals surface area contributed by atoms with Crippen LogP contribution in [0.1, 0.15) is 17.0 Å². The maximum absolute atomic E-state index is 11.4. The highest BCUT2D eigenvalue weighted by Gasteiger charge is 2.21. The largest absolute Gasteiger partial charge is 0.391 e. The van der Waals surface area contributed by atoms with Gasteiger partial charge in [0.1, 0.15) is 11.4 Å². The van der Waals surface area contributed by atoms with Crippen LogP contribution in [-0.4, -0.2) is 10.1 Å². The number of nitrogens with zero attached hydrogens (tertiary/aromatic N) is 2. The van der Waals surface area contributed by atoms with Crippen molar-refractivity contribution in [1.82, 2.24) is 5.16 Å². The van der Waals surface area contributed by atoms with Gasteiger partial charge in [0.05, 0.1) is 16.3 Å². The Morgan fingerprint density at radius 1 is 1.27 bits per heavy atom. The van der Waals surface area contributed by atoms with Crippen molar-refractivity contribution < 1.29 is 9.45 Å². The number of hydrogen-bond acceptors (Lipinski definition) is 6. The normalized spacial score (nSPS) is 10.7. The summed E-state index contributed by atoms with van der Waals surface area (Å²) in [7, 11) is 0. The lowest BCUT2D eigenvalue weighted by Crippen LogP contribution is -2.05. The molecular formula is C18H17ClN4O3. The molecule has 0 atom stereocenters. The number of nitro benzene ring substituents is 1. The fraction of sp³-hybridized carbons (Fsp3) is 0.167. The van der Waals surface area contributed by atoms with E-state index in [2.05, 4.69) is 10.5 Å². The Labute approximate surface area is 154 Å². The summed E-state index contributed by atoms with van der Waals surface area (Å²) in [6.07, 6.45) is 0. The first kappa shape index (κ1) is 17.8. The van der Waals surface area contributed by atoms with E-state index in [1.807, 2.05) is 12.1 Å². The summed E-state index contributed by atoms with van der Waals surface area (Å²) in [4.78, 5) is 10.9. The molecule has 0 aliphatic rings. The number of aryl methyl sites for hydroxylation is 2. The van der Waals surface area contributed by atoms with Gasteiger partial charge in [-0.3, -0.25) is 10.1 Å². The van der Waals surface area contributed by atoms with Gasteiger partial charge >= 0.3 is 0 Å². The first-order valence-corrected chi connectivity index (χ1v) is 8.24. The predicted molar refractivity (Wildman–Crippen MR) is 101 cm³/mol. The molecule has 1 aromatic heterocycles. The molecular weight excluding hydrogens is 356 g/mol. The van der Waals surface area contributed by atoms with Crippen molar-refractivity contribution >= 4 is 28.7 Å². The van der Waals surface area contributed by atoms with Crippen LogP contribution in [0.15, 0.2) is 40.9 Å². The Hall–Kier alpha value is -3.06. The van der Waals surface area contributed by atoms with E-state index in [4.69, 9.17) is 21.9 Å². The molecule has 0 saturated carbocycles. The molecule has 0 saturated heterocycles. The minimum Gasteiger partial charge on any atom is -0.391 e. The molecule has 134 valence electrons. The molecule has 3 aromatic rings. The Bertz CT molecular complexity index is 948. The molecule has 0 aliphatic heterocycles. The van der Waals surface area contributed by atoms with Gasteiger partial charge in [-0.2, -0.15) is 0 Å². The summed E-state index contributed by atoms with van der Waals surface area (Å²) in [6, 6.07) is 10.5. The number of halogens is 1. The van der Waals surface area contributed by atoms with Crippen LogP contribution in [0, 0.1) is 24.0 Å². The van der Waals surface area contributed by atoms with Crippen molar-refractivity contribution in [3.8, 4) is 11.1 Å². The Morgan fingerprint density at radius 2 is 1.96 bits per heavy atom. The van der Waals surface area contributed by atoms with E-state index < -0.39 is 4.92 Å². The van der Waals surface area contributed by atoms with Gasteiger partial charge in [-0.25, -0.2) is 0 Å². The molecule has 0 bridgehead atoms. The average molecular weight is 373 g/mol. The molecule has 8 heteroatoms. The highest BCUT2D eigenvalue weighted by molar-refractivity contribution is 6.30. The molecule has 3 N–H and O–H groups in total. The lowest BCUT2D eigenvalue weighted by Gasteiger charge is -2.12. The van der Waals surface area contributed by atoms with Crippen LogP contribution in [0.2, 0.25) is 5.02 Å². The molecule has 7 nitrogen and oxygen atoms in total. The predicted octanol–water partition coefficient (Wildman–Crippen LogP) is 4.71. The number of hydrogen-bond donors (Lipinski definition) is 2. The monoisotopic (exact) mass is 372 g/mol. The first-order chi connectivity index (χ1) is 12.4. The van der Waals surface area contributed by atoms with Crippen molar-refractivity contribution in [3.05, 3.63) is 68.6 Å². The van der Waals surface area contributed by atoms with Gasteiger partial charge in [0, 0.05) is 23.2 Å². The van der Waals surface area contributed by atoms with Crippen LogP contribution in [0.5, 0.6) is 0 Å². The molecule has 0 radical (unpaired) electrons. The van der Waals surface area contributed by atoms with E-state index in [1.54, 1.807) is 32.0 Å². The van der Waals surface area contributed by atoms with Gasteiger partial charge in [-0.05, 0) is 43.2 Å². The highest BCUT2D eigenvalue weighted by atomic mass is 35.5. The number of anilines is 2. The number of nitrogens with one attached hydrogen (secondary N) is 1. The Balaban J connectivity index is 2.00. The number of nitrogens with two attached hydrogens (primary N) is 1. The summed E-state index contributed by atoms with van der Waals surface area (Å²) in [6.45, 7) is 4.00. The fourth-order valence-corrected chi connectivity index (χ4v) is 2.90. The molecule has 0 aliphatic carbocycles. The third kappa shape index (κ3) is 3.48. The van der Waals surface area contributed by atoms with Crippen molar-refractivity contribution in [2.45, 2.75) is 20.4 Å². The molecule has 26 heavy (non-hydrogen) atoms. The highest BCUT2D eigenvalue weighted by Crippen LogP contribution is 2.38. The topological polar surface area (TPSA) is 107 Å². The van der Waals surface area contributed by atoms with Gasteiger partial charge in [-0.1, -0.05) is 28.9 Å². The third-order valence-electron chi connectivity index (χ3n) is 4.07. The van der Waals surface area contributed by atoms with Crippen LogP contribution < -0.4 is 11.1 Å². The van der Waals surface area contributed by atoms with E-state index in [0.29, 0.717) is 34.3 Å². The minimum atomic E-state index is -0.496. The van der Waals surface area contributed by atoms with E-state index in [-0.39, 0.29) is 11.4 Å². The molecule has 0 fully saturated rings. The zero-order valence-electron chi connectivity index (χ0n) is 14.2. The van der Waals surface area contributed by atoms with Crippen LogP contribution >= 0.6 is 11.6 Å².